The number of amides is 1. The molecule has 1 heterocycles. The summed E-state index contributed by atoms with van der Waals surface area (Å²) in [6.07, 6.45) is 1.94. The molecule has 2 aromatic rings. The van der Waals surface area contributed by atoms with Crippen molar-refractivity contribution < 1.29 is 4.79 Å². The Hall–Kier alpha value is -2.06. The first kappa shape index (κ1) is 14.9. The van der Waals surface area contributed by atoms with Crippen LogP contribution in [0, 0.1) is 6.92 Å². The monoisotopic (exact) mass is 311 g/mol. The fourth-order valence-electron chi connectivity index (χ4n) is 2.91. The van der Waals surface area contributed by atoms with Crippen LogP contribution in [-0.2, 0) is 4.79 Å². The first-order chi connectivity index (χ1) is 10.5. The number of hydrogen-bond acceptors (Lipinski definition) is 1. The Morgan fingerprint density at radius 2 is 1.91 bits per heavy atom. The summed E-state index contributed by atoms with van der Waals surface area (Å²) in [4.78, 5) is 12.2. The van der Waals surface area contributed by atoms with Gasteiger partial charge in [0.15, 0.2) is 0 Å². The van der Waals surface area contributed by atoms with E-state index in [9.17, 15) is 4.79 Å². The zero-order valence-electron chi connectivity index (χ0n) is 12.9. The van der Waals surface area contributed by atoms with Crippen LogP contribution in [0.3, 0.4) is 0 Å². The van der Waals surface area contributed by atoms with Crippen LogP contribution in [0.5, 0.6) is 0 Å². The lowest BCUT2D eigenvalue weighted by Crippen LogP contribution is -2.03. The summed E-state index contributed by atoms with van der Waals surface area (Å²) in [5, 5.41) is 3.48. The Morgan fingerprint density at radius 1 is 1.14 bits per heavy atom. The van der Waals surface area contributed by atoms with Crippen molar-refractivity contribution in [3.8, 4) is 0 Å². The average molecular weight is 312 g/mol. The molecule has 0 spiro atoms. The van der Waals surface area contributed by atoms with Crippen LogP contribution in [0.15, 0.2) is 36.4 Å². The lowest BCUT2D eigenvalue weighted by Gasteiger charge is -2.10. The minimum atomic E-state index is -0.0807. The summed E-state index contributed by atoms with van der Waals surface area (Å²) >= 11 is 5.98. The van der Waals surface area contributed by atoms with E-state index in [2.05, 4.69) is 44.3 Å². The van der Waals surface area contributed by atoms with Gasteiger partial charge >= 0.3 is 0 Å². The maximum Gasteiger partial charge on any atom is 0.256 e. The summed E-state index contributed by atoms with van der Waals surface area (Å²) in [6.45, 7) is 6.48. The number of hydrogen-bond donors (Lipinski definition) is 1. The van der Waals surface area contributed by atoms with Gasteiger partial charge in [-0.2, -0.15) is 0 Å². The highest BCUT2D eigenvalue weighted by atomic mass is 35.5. The molecule has 1 amide bonds. The van der Waals surface area contributed by atoms with E-state index >= 15 is 0 Å². The van der Waals surface area contributed by atoms with Gasteiger partial charge in [0, 0.05) is 16.2 Å². The van der Waals surface area contributed by atoms with Crippen LogP contribution < -0.4 is 5.32 Å². The molecule has 0 atom stereocenters. The number of halogens is 1. The normalized spacial score (nSPS) is 15.3. The van der Waals surface area contributed by atoms with Crippen LogP contribution in [-0.4, -0.2) is 5.91 Å². The summed E-state index contributed by atoms with van der Waals surface area (Å²) in [5.41, 5.74) is 5.99. The number of anilines is 1. The third-order valence-electron chi connectivity index (χ3n) is 3.99. The van der Waals surface area contributed by atoms with Crippen LogP contribution >= 0.6 is 11.6 Å². The number of carbonyl (C=O) groups is 1. The molecule has 2 aromatic carbocycles. The second-order valence-electron chi connectivity index (χ2n) is 5.97. The van der Waals surface area contributed by atoms with Gasteiger partial charge < -0.3 is 5.32 Å². The van der Waals surface area contributed by atoms with Gasteiger partial charge in [-0.1, -0.05) is 49.7 Å². The minimum Gasteiger partial charge on any atom is -0.321 e. The van der Waals surface area contributed by atoms with Gasteiger partial charge in [-0.15, -0.1) is 0 Å². The molecule has 0 aliphatic carbocycles. The lowest BCUT2D eigenvalue weighted by molar-refractivity contribution is -0.110. The second kappa shape index (κ2) is 5.62. The molecule has 1 N–H and O–H groups in total. The van der Waals surface area contributed by atoms with Crippen molar-refractivity contribution in [1.82, 2.24) is 0 Å². The fourth-order valence-corrected chi connectivity index (χ4v) is 3.09. The van der Waals surface area contributed by atoms with Gasteiger partial charge in [0.1, 0.15) is 0 Å². The molecule has 0 aromatic heterocycles. The van der Waals surface area contributed by atoms with Crippen LogP contribution in [0.2, 0.25) is 5.02 Å². The van der Waals surface area contributed by atoms with Crippen molar-refractivity contribution in [2.45, 2.75) is 26.7 Å². The quantitative estimate of drug-likeness (QED) is 0.753. The number of benzene rings is 2. The molecule has 0 saturated carbocycles. The molecule has 3 rings (SSSR count). The summed E-state index contributed by atoms with van der Waals surface area (Å²) in [7, 11) is 0. The van der Waals surface area contributed by atoms with Gasteiger partial charge in [0.25, 0.3) is 5.91 Å². The fraction of sp³-hybridized carbons (Fsp3) is 0.211. The molecule has 0 radical (unpaired) electrons. The van der Waals surface area contributed by atoms with Crippen LogP contribution in [0.4, 0.5) is 5.69 Å². The van der Waals surface area contributed by atoms with Crippen molar-refractivity contribution in [3.63, 3.8) is 0 Å². The SMILES string of the molecule is Cc1cc(/C=C2/C(=O)Nc3cc(Cl)ccc32)ccc1C(C)C. The average Bonchev–Trinajstić information content (AvgIpc) is 2.74. The van der Waals surface area contributed by atoms with E-state index in [1.165, 1.54) is 11.1 Å². The number of carbonyl (C=O) groups excluding carboxylic acids is 1. The molecule has 0 saturated heterocycles. The number of aryl methyl sites for hydroxylation is 1. The number of fused-ring (bicyclic) bond motifs is 1. The Morgan fingerprint density at radius 3 is 2.59 bits per heavy atom. The zero-order valence-corrected chi connectivity index (χ0v) is 13.7. The smallest absolute Gasteiger partial charge is 0.256 e. The zero-order chi connectivity index (χ0) is 15.9. The highest BCUT2D eigenvalue weighted by Crippen LogP contribution is 2.35. The van der Waals surface area contributed by atoms with Gasteiger partial charge in [-0.3, -0.25) is 4.79 Å². The molecule has 22 heavy (non-hydrogen) atoms. The van der Waals surface area contributed by atoms with Gasteiger partial charge in [-0.05, 0) is 47.7 Å². The van der Waals surface area contributed by atoms with Crippen LogP contribution in [0.1, 0.15) is 42.0 Å². The summed E-state index contributed by atoms with van der Waals surface area (Å²) in [6, 6.07) is 11.8. The third-order valence-corrected chi connectivity index (χ3v) is 4.23. The first-order valence-corrected chi connectivity index (χ1v) is 7.77. The molecule has 0 fully saturated rings. The number of rotatable bonds is 2. The van der Waals surface area contributed by atoms with Gasteiger partial charge in [-0.25, -0.2) is 0 Å². The van der Waals surface area contributed by atoms with Gasteiger partial charge in [0.05, 0.1) is 5.69 Å². The van der Waals surface area contributed by atoms with Crippen molar-refractivity contribution in [2.75, 3.05) is 5.32 Å². The first-order valence-electron chi connectivity index (χ1n) is 7.39. The Balaban J connectivity index is 2.03. The largest absolute Gasteiger partial charge is 0.321 e. The third kappa shape index (κ3) is 2.67. The molecular weight excluding hydrogens is 294 g/mol. The Labute approximate surface area is 135 Å². The van der Waals surface area contributed by atoms with Crippen molar-refractivity contribution >= 4 is 34.8 Å². The highest BCUT2D eigenvalue weighted by molar-refractivity contribution is 6.36. The maximum atomic E-state index is 12.2. The van der Waals surface area contributed by atoms with E-state index in [1.807, 2.05) is 18.2 Å². The molecular formula is C19H18ClNO. The molecule has 0 bridgehead atoms. The molecule has 2 nitrogen and oxygen atoms in total. The van der Waals surface area contributed by atoms with E-state index in [0.717, 1.165) is 16.8 Å². The van der Waals surface area contributed by atoms with E-state index in [1.54, 1.807) is 6.07 Å². The van der Waals surface area contributed by atoms with Crippen molar-refractivity contribution in [2.24, 2.45) is 0 Å². The predicted octanol–water partition coefficient (Wildman–Crippen LogP) is 5.26. The molecule has 3 heteroatoms. The summed E-state index contributed by atoms with van der Waals surface area (Å²) in [5.74, 6) is 0.419. The van der Waals surface area contributed by atoms with E-state index in [0.29, 0.717) is 16.5 Å². The molecule has 112 valence electrons. The van der Waals surface area contributed by atoms with E-state index in [4.69, 9.17) is 11.6 Å². The predicted molar refractivity (Wildman–Crippen MR) is 93.2 cm³/mol. The highest BCUT2D eigenvalue weighted by Gasteiger charge is 2.24. The summed E-state index contributed by atoms with van der Waals surface area (Å²) < 4.78 is 0. The van der Waals surface area contributed by atoms with Crippen molar-refractivity contribution in [3.05, 3.63) is 63.7 Å². The minimum absolute atomic E-state index is 0.0807. The van der Waals surface area contributed by atoms with Crippen LogP contribution in [0.25, 0.3) is 11.6 Å². The standard InChI is InChI=1S/C19H18ClNO/c1-11(2)15-6-4-13(8-12(15)3)9-17-16-7-5-14(20)10-18(16)21-19(17)22/h4-11H,1-3H3,(H,21,22)/b17-9+. The van der Waals surface area contributed by atoms with E-state index in [-0.39, 0.29) is 5.91 Å². The molecule has 1 aliphatic rings. The van der Waals surface area contributed by atoms with Gasteiger partial charge in [0.2, 0.25) is 0 Å². The Kier molecular flexibility index (Phi) is 3.79. The van der Waals surface area contributed by atoms with Crippen molar-refractivity contribution in [1.29, 1.82) is 0 Å². The Bertz CT molecular complexity index is 790. The lowest BCUT2D eigenvalue weighted by atomic mass is 9.95. The number of nitrogens with one attached hydrogen (secondary N) is 1. The molecule has 1 aliphatic heterocycles. The maximum absolute atomic E-state index is 12.2. The second-order valence-corrected chi connectivity index (χ2v) is 6.41. The van der Waals surface area contributed by atoms with E-state index < -0.39 is 0 Å². The molecule has 0 unspecified atom stereocenters. The topological polar surface area (TPSA) is 29.1 Å².